The second-order valence-electron chi connectivity index (χ2n) is 6.32. The van der Waals surface area contributed by atoms with Crippen LogP contribution in [-0.2, 0) is 22.7 Å². The molecule has 0 saturated heterocycles. The largest absolute Gasteiger partial charge is 0.378 e. The molecule has 2 aromatic heterocycles. The van der Waals surface area contributed by atoms with Gasteiger partial charge >= 0.3 is 0 Å². The summed E-state index contributed by atoms with van der Waals surface area (Å²) >= 11 is 5.98. The number of benzene rings is 1. The van der Waals surface area contributed by atoms with Gasteiger partial charge in [0, 0.05) is 42.4 Å². The van der Waals surface area contributed by atoms with Crippen LogP contribution in [-0.4, -0.2) is 27.8 Å². The minimum atomic E-state index is -0.235. The van der Waals surface area contributed by atoms with Crippen molar-refractivity contribution in [2.75, 3.05) is 12.4 Å². The summed E-state index contributed by atoms with van der Waals surface area (Å²) in [5.74, 6) is 0.178. The Balaban J connectivity index is 1.79. The van der Waals surface area contributed by atoms with E-state index in [0.29, 0.717) is 24.0 Å². The van der Waals surface area contributed by atoms with Crippen molar-refractivity contribution in [3.63, 3.8) is 0 Å². The number of aryl methyl sites for hydroxylation is 1. The molecule has 3 aromatic rings. The Morgan fingerprint density at radius 2 is 2.00 bits per heavy atom. The standard InChI is InChI=1S/C20H21ClN4O3/c1-13-4-3-5-18(27)25(13)11-10-17(26)22-20-19(16(12-28-2)23-24-20)14-6-8-15(21)9-7-14/h3-9H,10-12H2,1-2H3,(H2,22,23,24,26). The SMILES string of the molecule is COCc1[nH]nc(NC(=O)CCn2c(C)cccc2=O)c1-c1ccc(Cl)cc1. The van der Waals surface area contributed by atoms with Gasteiger partial charge in [0.25, 0.3) is 5.56 Å². The number of carbonyl (C=O) groups is 1. The third kappa shape index (κ3) is 4.49. The van der Waals surface area contributed by atoms with Crippen LogP contribution in [0.4, 0.5) is 5.82 Å². The van der Waals surface area contributed by atoms with Gasteiger partial charge in [-0.05, 0) is 30.7 Å². The predicted octanol–water partition coefficient (Wildman–Crippen LogP) is 3.38. The molecule has 0 aliphatic heterocycles. The van der Waals surface area contributed by atoms with Gasteiger partial charge in [0.1, 0.15) is 0 Å². The lowest BCUT2D eigenvalue weighted by molar-refractivity contribution is -0.116. The highest BCUT2D eigenvalue weighted by atomic mass is 35.5. The maximum atomic E-state index is 12.5. The first-order chi connectivity index (χ1) is 13.5. The van der Waals surface area contributed by atoms with Crippen molar-refractivity contribution in [1.82, 2.24) is 14.8 Å². The highest BCUT2D eigenvalue weighted by Crippen LogP contribution is 2.31. The topological polar surface area (TPSA) is 89.0 Å². The lowest BCUT2D eigenvalue weighted by atomic mass is 10.1. The van der Waals surface area contributed by atoms with Crippen LogP contribution in [0, 0.1) is 6.92 Å². The number of ether oxygens (including phenoxy) is 1. The molecule has 8 heteroatoms. The van der Waals surface area contributed by atoms with Crippen molar-refractivity contribution in [3.05, 3.63) is 69.2 Å². The van der Waals surface area contributed by atoms with Gasteiger partial charge in [-0.15, -0.1) is 0 Å². The monoisotopic (exact) mass is 400 g/mol. The summed E-state index contributed by atoms with van der Waals surface area (Å²) in [5.41, 5.74) is 3.03. The molecule has 1 amide bonds. The maximum Gasteiger partial charge on any atom is 0.250 e. The number of nitrogens with zero attached hydrogens (tertiary/aromatic N) is 2. The van der Waals surface area contributed by atoms with Crippen molar-refractivity contribution < 1.29 is 9.53 Å². The number of H-pyrrole nitrogens is 1. The van der Waals surface area contributed by atoms with Gasteiger partial charge in [-0.2, -0.15) is 5.10 Å². The molecule has 0 bridgehead atoms. The third-order valence-corrected chi connectivity index (χ3v) is 4.60. The van der Waals surface area contributed by atoms with Gasteiger partial charge in [0.2, 0.25) is 5.91 Å². The average molecular weight is 401 g/mol. The van der Waals surface area contributed by atoms with Crippen molar-refractivity contribution >= 4 is 23.3 Å². The van der Waals surface area contributed by atoms with Crippen LogP contribution in [0.25, 0.3) is 11.1 Å². The molecule has 146 valence electrons. The predicted molar refractivity (Wildman–Crippen MR) is 108 cm³/mol. The van der Waals surface area contributed by atoms with Crippen molar-refractivity contribution in [2.45, 2.75) is 26.5 Å². The quantitative estimate of drug-likeness (QED) is 0.636. The Labute approximate surface area is 167 Å². The molecular formula is C20H21ClN4O3. The average Bonchev–Trinajstić information content (AvgIpc) is 3.04. The van der Waals surface area contributed by atoms with E-state index < -0.39 is 0 Å². The number of halogens is 1. The van der Waals surface area contributed by atoms with Crippen LogP contribution in [0.5, 0.6) is 0 Å². The molecule has 2 heterocycles. The maximum absolute atomic E-state index is 12.5. The Kier molecular flexibility index (Phi) is 6.28. The van der Waals surface area contributed by atoms with E-state index in [-0.39, 0.29) is 17.9 Å². The van der Waals surface area contributed by atoms with Crippen LogP contribution < -0.4 is 10.9 Å². The Hall–Kier alpha value is -2.90. The number of anilines is 1. The first-order valence-electron chi connectivity index (χ1n) is 8.78. The molecular weight excluding hydrogens is 380 g/mol. The molecule has 0 aliphatic rings. The second-order valence-corrected chi connectivity index (χ2v) is 6.76. The van der Waals surface area contributed by atoms with Gasteiger partial charge in [0.05, 0.1) is 12.3 Å². The van der Waals surface area contributed by atoms with Crippen molar-refractivity contribution in [3.8, 4) is 11.1 Å². The minimum absolute atomic E-state index is 0.128. The summed E-state index contributed by atoms with van der Waals surface area (Å²) < 4.78 is 6.79. The van der Waals surface area contributed by atoms with E-state index in [4.69, 9.17) is 16.3 Å². The number of carbonyl (C=O) groups excluding carboxylic acids is 1. The zero-order valence-electron chi connectivity index (χ0n) is 15.7. The molecule has 3 rings (SSSR count). The minimum Gasteiger partial charge on any atom is -0.378 e. The van der Waals surface area contributed by atoms with E-state index in [1.54, 1.807) is 29.9 Å². The second kappa shape index (κ2) is 8.86. The van der Waals surface area contributed by atoms with E-state index >= 15 is 0 Å². The molecule has 28 heavy (non-hydrogen) atoms. The number of aromatic nitrogens is 3. The molecule has 1 aromatic carbocycles. The number of amides is 1. The van der Waals surface area contributed by atoms with Gasteiger partial charge in [-0.3, -0.25) is 14.7 Å². The Morgan fingerprint density at radius 3 is 2.68 bits per heavy atom. The van der Waals surface area contributed by atoms with E-state index in [0.717, 1.165) is 22.5 Å². The lowest BCUT2D eigenvalue weighted by Crippen LogP contribution is -2.24. The van der Waals surface area contributed by atoms with Crippen LogP contribution in [0.1, 0.15) is 17.8 Å². The van der Waals surface area contributed by atoms with Crippen molar-refractivity contribution in [2.24, 2.45) is 0 Å². The van der Waals surface area contributed by atoms with Gasteiger partial charge < -0.3 is 14.6 Å². The van der Waals surface area contributed by atoms with E-state index in [2.05, 4.69) is 15.5 Å². The third-order valence-electron chi connectivity index (χ3n) is 4.35. The fraction of sp³-hybridized carbons (Fsp3) is 0.250. The molecule has 7 nitrogen and oxygen atoms in total. The Bertz CT molecular complexity index is 1020. The Morgan fingerprint density at radius 1 is 1.25 bits per heavy atom. The van der Waals surface area contributed by atoms with Crippen LogP contribution in [0.15, 0.2) is 47.3 Å². The zero-order chi connectivity index (χ0) is 20.1. The highest BCUT2D eigenvalue weighted by Gasteiger charge is 2.17. The van der Waals surface area contributed by atoms with Crippen LogP contribution in [0.3, 0.4) is 0 Å². The number of rotatable bonds is 7. The summed E-state index contributed by atoms with van der Waals surface area (Å²) in [6, 6.07) is 12.3. The summed E-state index contributed by atoms with van der Waals surface area (Å²) in [6.07, 6.45) is 0.150. The molecule has 0 aliphatic carbocycles. The number of hydrogen-bond acceptors (Lipinski definition) is 4. The molecule has 0 spiro atoms. The van der Waals surface area contributed by atoms with Crippen LogP contribution >= 0.6 is 11.6 Å². The molecule has 0 saturated carbocycles. The smallest absolute Gasteiger partial charge is 0.250 e. The normalized spacial score (nSPS) is 10.8. The molecule has 0 atom stereocenters. The van der Waals surface area contributed by atoms with E-state index in [1.165, 1.54) is 6.07 Å². The first kappa shape index (κ1) is 19.9. The van der Waals surface area contributed by atoms with E-state index in [1.807, 2.05) is 25.1 Å². The van der Waals surface area contributed by atoms with Gasteiger partial charge in [-0.25, -0.2) is 0 Å². The highest BCUT2D eigenvalue weighted by molar-refractivity contribution is 6.30. The lowest BCUT2D eigenvalue weighted by Gasteiger charge is -2.10. The van der Waals surface area contributed by atoms with Gasteiger partial charge in [-0.1, -0.05) is 29.8 Å². The molecule has 0 unspecified atom stereocenters. The van der Waals surface area contributed by atoms with Gasteiger partial charge in [0.15, 0.2) is 5.82 Å². The summed E-state index contributed by atoms with van der Waals surface area (Å²) in [5, 5.41) is 10.6. The fourth-order valence-electron chi connectivity index (χ4n) is 2.96. The number of pyridine rings is 1. The fourth-order valence-corrected chi connectivity index (χ4v) is 3.09. The summed E-state index contributed by atoms with van der Waals surface area (Å²) in [4.78, 5) is 24.4. The number of hydrogen-bond donors (Lipinski definition) is 2. The van der Waals surface area contributed by atoms with Crippen molar-refractivity contribution in [1.29, 1.82) is 0 Å². The number of aromatic amines is 1. The number of methoxy groups -OCH3 is 1. The first-order valence-corrected chi connectivity index (χ1v) is 9.16. The molecule has 2 N–H and O–H groups in total. The molecule has 0 radical (unpaired) electrons. The summed E-state index contributed by atoms with van der Waals surface area (Å²) in [6.45, 7) is 2.45. The summed E-state index contributed by atoms with van der Waals surface area (Å²) in [7, 11) is 1.59. The van der Waals surface area contributed by atoms with Crippen LogP contribution in [0.2, 0.25) is 5.02 Å². The number of nitrogens with one attached hydrogen (secondary N) is 2. The molecule has 0 fully saturated rings. The van der Waals surface area contributed by atoms with E-state index in [9.17, 15) is 9.59 Å². The zero-order valence-corrected chi connectivity index (χ0v) is 16.4.